The molecule has 0 saturated heterocycles. The van der Waals surface area contributed by atoms with Gasteiger partial charge in [0, 0.05) is 34.9 Å². The second-order valence-electron chi connectivity index (χ2n) is 8.19. The average Bonchev–Trinajstić information content (AvgIpc) is 3.06. The number of rotatable bonds is 7. The Kier molecular flexibility index (Phi) is 6.08. The van der Waals surface area contributed by atoms with Gasteiger partial charge in [-0.05, 0) is 17.9 Å². The Morgan fingerprint density at radius 2 is 2.07 bits per heavy atom. The van der Waals surface area contributed by atoms with Gasteiger partial charge in [0.2, 0.25) is 0 Å². The summed E-state index contributed by atoms with van der Waals surface area (Å²) >= 11 is 0. The quantitative estimate of drug-likeness (QED) is 0.412. The molecule has 0 unspecified atom stereocenters. The minimum atomic E-state index is -4.13. The molecule has 3 aromatic rings. The summed E-state index contributed by atoms with van der Waals surface area (Å²) in [6.45, 7) is 9.73. The van der Waals surface area contributed by atoms with Gasteiger partial charge in [-0.15, -0.1) is 0 Å². The minimum Gasteiger partial charge on any atom is -0.366 e. The van der Waals surface area contributed by atoms with E-state index in [9.17, 15) is 18.7 Å². The number of halogens is 1. The maximum atomic E-state index is 13.7. The lowest BCUT2D eigenvalue weighted by molar-refractivity contribution is 0.322. The van der Waals surface area contributed by atoms with Crippen LogP contribution in [-0.2, 0) is 4.57 Å². The smallest absolute Gasteiger partial charge is 0.325 e. The molecular weight excluding hydrogens is 408 g/mol. The van der Waals surface area contributed by atoms with E-state index in [1.807, 2.05) is 20.8 Å². The number of aromatic nitrogens is 4. The average molecular weight is 433 g/mol. The van der Waals surface area contributed by atoms with Crippen molar-refractivity contribution in [3.63, 3.8) is 0 Å². The molecule has 0 saturated carbocycles. The third-order valence-electron chi connectivity index (χ3n) is 4.84. The van der Waals surface area contributed by atoms with Crippen LogP contribution in [0.15, 0.2) is 31.2 Å². The first-order valence-corrected chi connectivity index (χ1v) is 11.2. The van der Waals surface area contributed by atoms with E-state index < -0.39 is 13.4 Å². The second kappa shape index (κ2) is 8.26. The number of pyridine rings is 1. The van der Waals surface area contributed by atoms with Gasteiger partial charge in [0.1, 0.15) is 17.3 Å². The van der Waals surface area contributed by atoms with Crippen LogP contribution in [0.1, 0.15) is 32.8 Å². The first kappa shape index (κ1) is 22.1. The number of H-pyrrole nitrogens is 1. The highest BCUT2D eigenvalue weighted by atomic mass is 31.2. The second-order valence-corrected chi connectivity index (χ2v) is 9.97. The third-order valence-corrected chi connectivity index (χ3v) is 5.68. The van der Waals surface area contributed by atoms with Crippen molar-refractivity contribution < 1.29 is 18.7 Å². The molecule has 3 heterocycles. The number of anilines is 1. The minimum absolute atomic E-state index is 0.239. The Hall–Kier alpha value is -2.61. The highest BCUT2D eigenvalue weighted by molar-refractivity contribution is 7.51. The maximum absolute atomic E-state index is 13.7. The van der Waals surface area contributed by atoms with E-state index in [4.69, 9.17) is 0 Å². The molecule has 0 aliphatic rings. The van der Waals surface area contributed by atoms with Gasteiger partial charge >= 0.3 is 7.60 Å². The zero-order valence-corrected chi connectivity index (χ0v) is 17.9. The highest BCUT2D eigenvalue weighted by Crippen LogP contribution is 2.38. The molecule has 3 aromatic heterocycles. The van der Waals surface area contributed by atoms with Crippen LogP contribution in [0, 0.1) is 11.2 Å². The summed E-state index contributed by atoms with van der Waals surface area (Å²) in [5.74, 6) is 0.387. The lowest BCUT2D eigenvalue weighted by Crippen LogP contribution is -2.35. The zero-order valence-electron chi connectivity index (χ0n) is 17.1. The molecule has 8 nitrogen and oxygen atoms in total. The van der Waals surface area contributed by atoms with Crippen molar-refractivity contribution in [2.24, 2.45) is 5.41 Å². The lowest BCUT2D eigenvalue weighted by atomic mass is 9.85. The van der Waals surface area contributed by atoms with Gasteiger partial charge in [-0.2, -0.15) is 0 Å². The molecule has 0 amide bonds. The Bertz CT molecular complexity index is 1120. The van der Waals surface area contributed by atoms with Crippen LogP contribution in [0.3, 0.4) is 0 Å². The molecule has 3 rings (SSSR count). The summed E-state index contributed by atoms with van der Waals surface area (Å²) in [6, 6.07) is 1.10. The number of hydrogen-bond acceptors (Lipinski definition) is 5. The van der Waals surface area contributed by atoms with Crippen LogP contribution in [0.5, 0.6) is 0 Å². The number of aromatic amines is 1. The molecule has 4 N–H and O–H groups in total. The summed E-state index contributed by atoms with van der Waals surface area (Å²) in [7, 11) is -4.13. The Balaban J connectivity index is 2.00. The van der Waals surface area contributed by atoms with Crippen molar-refractivity contribution in [1.29, 1.82) is 0 Å². The summed E-state index contributed by atoms with van der Waals surface area (Å²) in [5, 5.41) is 3.86. The van der Waals surface area contributed by atoms with E-state index >= 15 is 0 Å². The van der Waals surface area contributed by atoms with Gasteiger partial charge < -0.3 is 20.1 Å². The molecule has 30 heavy (non-hydrogen) atoms. The predicted molar refractivity (Wildman–Crippen MR) is 116 cm³/mol. The third kappa shape index (κ3) is 5.11. The fraction of sp³-hybridized carbons (Fsp3) is 0.350. The predicted octanol–water partition coefficient (Wildman–Crippen LogP) is 4.20. The van der Waals surface area contributed by atoms with E-state index in [1.54, 1.807) is 18.5 Å². The molecular formula is C20H25FN5O3P. The van der Waals surface area contributed by atoms with Crippen molar-refractivity contribution in [2.45, 2.75) is 33.2 Å². The summed E-state index contributed by atoms with van der Waals surface area (Å²) in [6.07, 6.45) is 6.02. The van der Waals surface area contributed by atoms with Crippen LogP contribution in [0.2, 0.25) is 0 Å². The molecule has 160 valence electrons. The van der Waals surface area contributed by atoms with E-state index in [0.717, 1.165) is 6.20 Å². The van der Waals surface area contributed by atoms with E-state index in [0.29, 0.717) is 33.8 Å². The standard InChI is InChI=1S/C20H25FN5O3P/c1-5-12-9-22-19(15-11-24-18-14(15)8-13(21)10-23-18)26-17(12)25-16(20(2,3)4)6-7-30(27,28)29/h5,8-11,16H,1,6-7H2,2-4H3,(H,23,24)(H,22,25,26)(H2,27,28,29)/t16-/m1/s1. The molecule has 0 bridgehead atoms. The molecule has 0 aliphatic heterocycles. The van der Waals surface area contributed by atoms with Gasteiger partial charge in [-0.25, -0.2) is 19.3 Å². The van der Waals surface area contributed by atoms with Gasteiger partial charge in [0.25, 0.3) is 0 Å². The monoisotopic (exact) mass is 433 g/mol. The number of nitrogens with one attached hydrogen (secondary N) is 2. The normalized spacial score (nSPS) is 13.4. The topological polar surface area (TPSA) is 124 Å². The van der Waals surface area contributed by atoms with Crippen molar-refractivity contribution in [3.8, 4) is 11.4 Å². The fourth-order valence-electron chi connectivity index (χ4n) is 3.13. The van der Waals surface area contributed by atoms with Crippen LogP contribution in [0.25, 0.3) is 28.5 Å². The van der Waals surface area contributed by atoms with E-state index in [1.165, 1.54) is 6.07 Å². The Labute approximate surface area is 173 Å². The molecule has 0 aliphatic carbocycles. The van der Waals surface area contributed by atoms with Gasteiger partial charge in [-0.1, -0.05) is 33.4 Å². The molecule has 10 heteroatoms. The van der Waals surface area contributed by atoms with Crippen LogP contribution < -0.4 is 5.32 Å². The van der Waals surface area contributed by atoms with Gasteiger partial charge in [-0.3, -0.25) is 4.57 Å². The van der Waals surface area contributed by atoms with Gasteiger partial charge in [0.05, 0.1) is 12.4 Å². The lowest BCUT2D eigenvalue weighted by Gasteiger charge is -2.32. The summed E-state index contributed by atoms with van der Waals surface area (Å²) in [4.78, 5) is 34.6. The van der Waals surface area contributed by atoms with E-state index in [-0.39, 0.29) is 24.0 Å². The van der Waals surface area contributed by atoms with Crippen LogP contribution >= 0.6 is 7.60 Å². The van der Waals surface area contributed by atoms with Crippen LogP contribution in [0.4, 0.5) is 10.2 Å². The van der Waals surface area contributed by atoms with Crippen molar-refractivity contribution in [1.82, 2.24) is 19.9 Å². The highest BCUT2D eigenvalue weighted by Gasteiger charge is 2.28. The molecule has 1 atom stereocenters. The van der Waals surface area contributed by atoms with Crippen molar-refractivity contribution in [3.05, 3.63) is 42.6 Å². The van der Waals surface area contributed by atoms with Crippen molar-refractivity contribution in [2.75, 3.05) is 11.5 Å². The molecule has 0 spiro atoms. The first-order valence-electron chi connectivity index (χ1n) is 9.41. The fourth-order valence-corrected chi connectivity index (χ4v) is 3.73. The first-order chi connectivity index (χ1) is 14.0. The SMILES string of the molecule is C=Cc1cnc(-c2c[nH]c3ncc(F)cc23)nc1N[C@H](CCP(=O)(O)O)C(C)(C)C. The van der Waals surface area contributed by atoms with Crippen molar-refractivity contribution >= 4 is 30.5 Å². The summed E-state index contributed by atoms with van der Waals surface area (Å²) in [5.41, 5.74) is 1.46. The maximum Gasteiger partial charge on any atom is 0.325 e. The van der Waals surface area contributed by atoms with E-state index in [2.05, 4.69) is 31.8 Å². The Morgan fingerprint density at radius 1 is 1.33 bits per heavy atom. The number of fused-ring (bicyclic) bond motifs is 1. The number of nitrogens with zero attached hydrogens (tertiary/aromatic N) is 3. The van der Waals surface area contributed by atoms with Gasteiger partial charge in [0.15, 0.2) is 5.82 Å². The largest absolute Gasteiger partial charge is 0.366 e. The van der Waals surface area contributed by atoms with Crippen LogP contribution in [-0.4, -0.2) is 41.9 Å². The molecule has 0 radical (unpaired) electrons. The molecule has 0 fully saturated rings. The zero-order chi connectivity index (χ0) is 22.1. The summed E-state index contributed by atoms with van der Waals surface area (Å²) < 4.78 is 25.1. The number of hydrogen-bond donors (Lipinski definition) is 4. The Morgan fingerprint density at radius 3 is 2.70 bits per heavy atom. The molecule has 0 aromatic carbocycles.